The quantitative estimate of drug-likeness (QED) is 0.680. The lowest BCUT2D eigenvalue weighted by molar-refractivity contribution is -0.142. The summed E-state index contributed by atoms with van der Waals surface area (Å²) in [5, 5.41) is 11.5. The van der Waals surface area contributed by atoms with Crippen LogP contribution < -0.4 is 5.32 Å². The molecule has 0 aromatic carbocycles. The summed E-state index contributed by atoms with van der Waals surface area (Å²) >= 11 is 0. The van der Waals surface area contributed by atoms with Crippen molar-refractivity contribution in [1.29, 1.82) is 0 Å². The van der Waals surface area contributed by atoms with E-state index in [0.29, 0.717) is 19.3 Å². The molecule has 1 unspecified atom stereocenters. The van der Waals surface area contributed by atoms with Gasteiger partial charge in [0.2, 0.25) is 5.91 Å². The number of amides is 1. The summed E-state index contributed by atoms with van der Waals surface area (Å²) in [6, 6.07) is -1.08. The van der Waals surface area contributed by atoms with Crippen molar-refractivity contribution in [3.05, 3.63) is 12.7 Å². The van der Waals surface area contributed by atoms with Crippen LogP contribution in [0.25, 0.3) is 0 Å². The van der Waals surface area contributed by atoms with E-state index in [1.54, 1.807) is 6.08 Å². The predicted molar refractivity (Wildman–Crippen MR) is 75.0 cm³/mol. The number of carboxylic acids is 1. The maximum Gasteiger partial charge on any atom is 0.326 e. The molecule has 6 nitrogen and oxygen atoms in total. The molecule has 0 spiro atoms. The minimum Gasteiger partial charge on any atom is -0.480 e. The van der Waals surface area contributed by atoms with Crippen LogP contribution in [0.3, 0.4) is 0 Å². The fourth-order valence-corrected chi connectivity index (χ4v) is 3.97. The Bertz CT molecular complexity index is 491. The van der Waals surface area contributed by atoms with E-state index in [9.17, 15) is 18.0 Å². The molecule has 0 aliphatic heterocycles. The van der Waals surface area contributed by atoms with E-state index in [1.165, 1.54) is 0 Å². The first kappa shape index (κ1) is 16.7. The van der Waals surface area contributed by atoms with Gasteiger partial charge in [0.05, 0.1) is 0 Å². The van der Waals surface area contributed by atoms with Crippen LogP contribution in [0.2, 0.25) is 0 Å². The number of sulfone groups is 1. The van der Waals surface area contributed by atoms with Crippen molar-refractivity contribution in [1.82, 2.24) is 5.32 Å². The summed E-state index contributed by atoms with van der Waals surface area (Å²) in [5.74, 6) is -1.85. The lowest BCUT2D eigenvalue weighted by Gasteiger charge is -2.27. The van der Waals surface area contributed by atoms with E-state index in [2.05, 4.69) is 11.9 Å². The predicted octanol–water partition coefficient (Wildman–Crippen LogP) is 0.879. The van der Waals surface area contributed by atoms with Crippen molar-refractivity contribution >= 4 is 21.7 Å². The fourth-order valence-electron chi connectivity index (χ4n) is 2.54. The van der Waals surface area contributed by atoms with Crippen LogP contribution in [-0.2, 0) is 19.4 Å². The molecule has 7 heteroatoms. The van der Waals surface area contributed by atoms with Gasteiger partial charge in [-0.1, -0.05) is 18.9 Å². The number of hydrogen-bond donors (Lipinski definition) is 2. The highest BCUT2D eigenvalue weighted by Crippen LogP contribution is 2.36. The SMILES string of the molecule is C=CCCC(NC(=O)C1(S(C)(=O)=O)CCCC1)C(=O)O. The zero-order valence-corrected chi connectivity index (χ0v) is 12.4. The Morgan fingerprint density at radius 1 is 1.40 bits per heavy atom. The number of rotatable bonds is 7. The highest BCUT2D eigenvalue weighted by atomic mass is 32.2. The molecule has 1 fully saturated rings. The number of hydrogen-bond acceptors (Lipinski definition) is 4. The molecule has 0 bridgehead atoms. The number of carboxylic acid groups (broad SMARTS) is 1. The van der Waals surface area contributed by atoms with Crippen LogP contribution in [0.15, 0.2) is 12.7 Å². The molecule has 0 heterocycles. The zero-order chi connectivity index (χ0) is 15.4. The Hall–Kier alpha value is -1.37. The van der Waals surface area contributed by atoms with Gasteiger partial charge in [-0.3, -0.25) is 4.79 Å². The Labute approximate surface area is 119 Å². The second-order valence-electron chi connectivity index (χ2n) is 5.20. The van der Waals surface area contributed by atoms with Gasteiger partial charge in [-0.2, -0.15) is 0 Å². The monoisotopic (exact) mass is 303 g/mol. The molecule has 2 N–H and O–H groups in total. The minimum absolute atomic E-state index is 0.199. The first-order chi connectivity index (χ1) is 9.24. The molecule has 0 radical (unpaired) electrons. The summed E-state index contributed by atoms with van der Waals surface area (Å²) in [6.07, 6.45) is 5.06. The van der Waals surface area contributed by atoms with Crippen LogP contribution in [0.4, 0.5) is 0 Å². The van der Waals surface area contributed by atoms with Crippen molar-refractivity contribution in [3.63, 3.8) is 0 Å². The molecule has 20 heavy (non-hydrogen) atoms. The van der Waals surface area contributed by atoms with Gasteiger partial charge in [-0.05, 0) is 25.7 Å². The molecular formula is C13H21NO5S. The Morgan fingerprint density at radius 2 is 1.95 bits per heavy atom. The van der Waals surface area contributed by atoms with E-state index >= 15 is 0 Å². The Balaban J connectivity index is 2.91. The van der Waals surface area contributed by atoms with Crippen LogP contribution in [0, 0.1) is 0 Å². The van der Waals surface area contributed by atoms with Crippen LogP contribution in [0.5, 0.6) is 0 Å². The number of allylic oxidation sites excluding steroid dienone is 1. The minimum atomic E-state index is -3.58. The fraction of sp³-hybridized carbons (Fsp3) is 0.692. The van der Waals surface area contributed by atoms with Gasteiger partial charge in [-0.15, -0.1) is 6.58 Å². The van der Waals surface area contributed by atoms with Gasteiger partial charge in [0.1, 0.15) is 10.8 Å². The normalized spacial score (nSPS) is 19.2. The van der Waals surface area contributed by atoms with Gasteiger partial charge in [-0.25, -0.2) is 13.2 Å². The van der Waals surface area contributed by atoms with Gasteiger partial charge >= 0.3 is 5.97 Å². The van der Waals surface area contributed by atoms with Crippen LogP contribution in [-0.4, -0.2) is 42.4 Å². The van der Waals surface area contributed by atoms with E-state index in [0.717, 1.165) is 6.26 Å². The average Bonchev–Trinajstić information content (AvgIpc) is 2.83. The van der Waals surface area contributed by atoms with E-state index in [4.69, 9.17) is 5.11 Å². The Kier molecular flexibility index (Phi) is 5.33. The van der Waals surface area contributed by atoms with Crippen molar-refractivity contribution in [3.8, 4) is 0 Å². The molecule has 1 rings (SSSR count). The summed E-state index contributed by atoms with van der Waals surface area (Å²) in [5.41, 5.74) is 0. The molecule has 0 aromatic rings. The molecule has 1 aliphatic rings. The van der Waals surface area contributed by atoms with Crippen molar-refractivity contribution < 1.29 is 23.1 Å². The largest absolute Gasteiger partial charge is 0.480 e. The van der Waals surface area contributed by atoms with E-state index < -0.39 is 32.5 Å². The first-order valence-electron chi connectivity index (χ1n) is 6.59. The van der Waals surface area contributed by atoms with Crippen molar-refractivity contribution in [2.75, 3.05) is 6.26 Å². The molecule has 1 atom stereocenters. The van der Waals surface area contributed by atoms with E-state index in [1.807, 2.05) is 0 Å². The standard InChI is InChI=1S/C13H21NO5S/c1-3-4-7-10(11(15)16)14-12(17)13(20(2,18)19)8-5-6-9-13/h3,10H,1,4-9H2,2H3,(H,14,17)(H,15,16). The zero-order valence-electron chi connectivity index (χ0n) is 11.6. The first-order valence-corrected chi connectivity index (χ1v) is 8.48. The average molecular weight is 303 g/mol. The van der Waals surface area contributed by atoms with Crippen molar-refractivity contribution in [2.45, 2.75) is 49.3 Å². The van der Waals surface area contributed by atoms with Gasteiger partial charge < -0.3 is 10.4 Å². The smallest absolute Gasteiger partial charge is 0.326 e. The van der Waals surface area contributed by atoms with Gasteiger partial charge in [0, 0.05) is 6.26 Å². The van der Waals surface area contributed by atoms with Crippen molar-refractivity contribution in [2.24, 2.45) is 0 Å². The maximum atomic E-state index is 12.3. The molecule has 1 amide bonds. The molecule has 0 aromatic heterocycles. The van der Waals surface area contributed by atoms with Crippen LogP contribution in [0.1, 0.15) is 38.5 Å². The second kappa shape index (κ2) is 6.39. The lowest BCUT2D eigenvalue weighted by Crippen LogP contribution is -2.54. The molecular weight excluding hydrogens is 282 g/mol. The topological polar surface area (TPSA) is 101 Å². The summed E-state index contributed by atoms with van der Waals surface area (Å²) in [4.78, 5) is 23.4. The highest BCUT2D eigenvalue weighted by molar-refractivity contribution is 7.92. The summed E-state index contributed by atoms with van der Waals surface area (Å²) in [6.45, 7) is 3.50. The number of aliphatic carboxylic acids is 1. The number of carbonyl (C=O) groups excluding carboxylic acids is 1. The van der Waals surface area contributed by atoms with Gasteiger partial charge in [0.25, 0.3) is 0 Å². The molecule has 1 saturated carbocycles. The summed E-state index contributed by atoms with van der Waals surface area (Å²) in [7, 11) is -3.58. The lowest BCUT2D eigenvalue weighted by atomic mass is 10.0. The van der Waals surface area contributed by atoms with Crippen LogP contribution >= 0.6 is 0 Å². The Morgan fingerprint density at radius 3 is 2.35 bits per heavy atom. The molecule has 0 saturated heterocycles. The molecule has 114 valence electrons. The number of carbonyl (C=O) groups is 2. The third-order valence-electron chi connectivity index (χ3n) is 3.80. The second-order valence-corrected chi connectivity index (χ2v) is 7.53. The maximum absolute atomic E-state index is 12.3. The highest BCUT2D eigenvalue weighted by Gasteiger charge is 2.50. The third-order valence-corrected chi connectivity index (χ3v) is 5.81. The number of nitrogens with one attached hydrogen (secondary N) is 1. The third kappa shape index (κ3) is 3.39. The van der Waals surface area contributed by atoms with E-state index in [-0.39, 0.29) is 19.3 Å². The molecule has 1 aliphatic carbocycles. The summed E-state index contributed by atoms with van der Waals surface area (Å²) < 4.78 is 22.4. The van der Waals surface area contributed by atoms with Gasteiger partial charge in [0.15, 0.2) is 9.84 Å².